The third-order valence-electron chi connectivity index (χ3n) is 3.47. The molecular formula is C14H19BrN2S. The van der Waals surface area contributed by atoms with Crippen LogP contribution in [0.5, 0.6) is 0 Å². The summed E-state index contributed by atoms with van der Waals surface area (Å²) in [5, 5.41) is 3.62. The van der Waals surface area contributed by atoms with Crippen molar-refractivity contribution in [3.8, 4) is 0 Å². The molecular weight excluding hydrogens is 308 g/mol. The number of nitrogens with two attached hydrogens (primary N) is 1. The molecule has 1 saturated carbocycles. The third-order valence-corrected chi connectivity index (χ3v) is 4.36. The molecule has 0 atom stereocenters. The van der Waals surface area contributed by atoms with Gasteiger partial charge in [0.15, 0.2) is 0 Å². The maximum atomic E-state index is 5.63. The molecule has 0 amide bonds. The molecule has 1 aliphatic carbocycles. The Labute approximate surface area is 122 Å². The van der Waals surface area contributed by atoms with Crippen molar-refractivity contribution in [3.63, 3.8) is 0 Å². The maximum absolute atomic E-state index is 5.63. The first kappa shape index (κ1) is 13.8. The Hall–Kier alpha value is -0.610. The van der Waals surface area contributed by atoms with Crippen molar-refractivity contribution < 1.29 is 0 Å². The first-order chi connectivity index (χ1) is 8.66. The number of nitrogens with one attached hydrogen (secondary N) is 1. The molecule has 0 bridgehead atoms. The van der Waals surface area contributed by atoms with Crippen LogP contribution in [0.1, 0.15) is 44.1 Å². The Morgan fingerprint density at radius 2 is 1.89 bits per heavy atom. The fraction of sp³-hybridized carbons (Fsp3) is 0.500. The number of thiocarbonyl (C=S) groups is 1. The van der Waals surface area contributed by atoms with Crippen LogP contribution in [0.4, 0.5) is 5.69 Å². The van der Waals surface area contributed by atoms with Crippen molar-refractivity contribution in [1.82, 2.24) is 0 Å². The third kappa shape index (κ3) is 3.69. The van der Waals surface area contributed by atoms with Gasteiger partial charge in [-0.1, -0.05) is 37.9 Å². The highest BCUT2D eigenvalue weighted by atomic mass is 79.9. The van der Waals surface area contributed by atoms with Gasteiger partial charge in [0.05, 0.1) is 0 Å². The minimum absolute atomic E-state index is 0.441. The molecule has 0 heterocycles. The van der Waals surface area contributed by atoms with E-state index in [4.69, 9.17) is 18.0 Å². The number of halogens is 1. The molecule has 98 valence electrons. The molecule has 3 N–H and O–H groups in total. The van der Waals surface area contributed by atoms with E-state index in [1.807, 2.05) is 12.1 Å². The zero-order chi connectivity index (χ0) is 13.0. The van der Waals surface area contributed by atoms with E-state index < -0.39 is 0 Å². The summed E-state index contributed by atoms with van der Waals surface area (Å²) in [6.45, 7) is 0. The van der Waals surface area contributed by atoms with Gasteiger partial charge < -0.3 is 11.1 Å². The molecule has 2 nitrogen and oxygen atoms in total. The molecule has 1 aromatic rings. The summed E-state index contributed by atoms with van der Waals surface area (Å²) in [4.78, 5) is 0.441. The SMILES string of the molecule is NC(=S)c1ccc(NC2CCCCCC2)c(Br)c1. The summed E-state index contributed by atoms with van der Waals surface area (Å²) in [5.74, 6) is 0. The fourth-order valence-electron chi connectivity index (χ4n) is 2.43. The van der Waals surface area contributed by atoms with Crippen molar-refractivity contribution in [2.75, 3.05) is 5.32 Å². The molecule has 1 fully saturated rings. The molecule has 0 saturated heterocycles. The highest BCUT2D eigenvalue weighted by molar-refractivity contribution is 9.10. The Kier molecular flexibility index (Phi) is 5.01. The average molecular weight is 327 g/mol. The molecule has 1 aromatic carbocycles. The number of benzene rings is 1. The van der Waals surface area contributed by atoms with Gasteiger partial charge >= 0.3 is 0 Å². The quantitative estimate of drug-likeness (QED) is 0.645. The zero-order valence-corrected chi connectivity index (χ0v) is 12.8. The molecule has 18 heavy (non-hydrogen) atoms. The van der Waals surface area contributed by atoms with Gasteiger partial charge in [-0.3, -0.25) is 0 Å². The molecule has 2 rings (SSSR count). The van der Waals surface area contributed by atoms with Crippen molar-refractivity contribution in [1.29, 1.82) is 0 Å². The van der Waals surface area contributed by atoms with Gasteiger partial charge in [-0.15, -0.1) is 0 Å². The number of anilines is 1. The van der Waals surface area contributed by atoms with E-state index in [1.54, 1.807) is 0 Å². The molecule has 0 spiro atoms. The zero-order valence-electron chi connectivity index (χ0n) is 10.4. The second-order valence-corrected chi connectivity index (χ2v) is 6.19. The van der Waals surface area contributed by atoms with E-state index in [0.29, 0.717) is 11.0 Å². The second kappa shape index (κ2) is 6.53. The van der Waals surface area contributed by atoms with Crippen molar-refractivity contribution in [2.45, 2.75) is 44.6 Å². The molecule has 0 aromatic heterocycles. The van der Waals surface area contributed by atoms with Crippen LogP contribution in [0.2, 0.25) is 0 Å². The minimum atomic E-state index is 0.441. The van der Waals surface area contributed by atoms with E-state index >= 15 is 0 Å². The standard InChI is InChI=1S/C14H19BrN2S/c15-12-9-10(14(16)18)7-8-13(12)17-11-5-3-1-2-4-6-11/h7-9,11,17H,1-6H2,(H2,16,18). The first-order valence-corrected chi connectivity index (χ1v) is 7.73. The normalized spacial score (nSPS) is 17.2. The van der Waals surface area contributed by atoms with Gasteiger partial charge in [0.2, 0.25) is 0 Å². The smallest absolute Gasteiger partial charge is 0.104 e. The molecule has 0 radical (unpaired) electrons. The first-order valence-electron chi connectivity index (χ1n) is 6.52. The highest BCUT2D eigenvalue weighted by Crippen LogP contribution is 2.27. The van der Waals surface area contributed by atoms with Gasteiger partial charge in [0.25, 0.3) is 0 Å². The lowest BCUT2D eigenvalue weighted by Crippen LogP contribution is -2.18. The summed E-state index contributed by atoms with van der Waals surface area (Å²) in [7, 11) is 0. The summed E-state index contributed by atoms with van der Waals surface area (Å²) >= 11 is 8.56. The van der Waals surface area contributed by atoms with Gasteiger partial charge in [0, 0.05) is 21.8 Å². The van der Waals surface area contributed by atoms with Crippen molar-refractivity contribution >= 4 is 38.8 Å². The summed E-state index contributed by atoms with van der Waals surface area (Å²) < 4.78 is 1.04. The fourth-order valence-corrected chi connectivity index (χ4v) is 3.05. The van der Waals surface area contributed by atoms with Crippen LogP contribution in [0.15, 0.2) is 22.7 Å². The molecule has 4 heteroatoms. The van der Waals surface area contributed by atoms with E-state index in [1.165, 1.54) is 38.5 Å². The van der Waals surface area contributed by atoms with Gasteiger partial charge in [-0.25, -0.2) is 0 Å². The second-order valence-electron chi connectivity index (χ2n) is 4.89. The highest BCUT2D eigenvalue weighted by Gasteiger charge is 2.13. The van der Waals surface area contributed by atoms with Crippen LogP contribution in [0, 0.1) is 0 Å². The number of hydrogen-bond donors (Lipinski definition) is 2. The molecule has 0 unspecified atom stereocenters. The topological polar surface area (TPSA) is 38.0 Å². The Morgan fingerprint density at radius 1 is 1.22 bits per heavy atom. The van der Waals surface area contributed by atoms with E-state index in [0.717, 1.165) is 15.7 Å². The van der Waals surface area contributed by atoms with Gasteiger partial charge in [0.1, 0.15) is 4.99 Å². The Bertz CT molecular complexity index is 426. The van der Waals surface area contributed by atoms with Crippen LogP contribution in [-0.4, -0.2) is 11.0 Å². The monoisotopic (exact) mass is 326 g/mol. The largest absolute Gasteiger partial charge is 0.389 e. The lowest BCUT2D eigenvalue weighted by molar-refractivity contribution is 0.620. The maximum Gasteiger partial charge on any atom is 0.104 e. The van der Waals surface area contributed by atoms with Crippen LogP contribution < -0.4 is 11.1 Å². The predicted octanol–water partition coefficient (Wildman–Crippen LogP) is 4.22. The van der Waals surface area contributed by atoms with Crippen molar-refractivity contribution in [3.05, 3.63) is 28.2 Å². The van der Waals surface area contributed by atoms with Crippen LogP contribution in [0.3, 0.4) is 0 Å². The number of rotatable bonds is 3. The van der Waals surface area contributed by atoms with E-state index in [9.17, 15) is 0 Å². The Morgan fingerprint density at radius 3 is 2.44 bits per heavy atom. The van der Waals surface area contributed by atoms with Crippen LogP contribution in [0.25, 0.3) is 0 Å². The van der Waals surface area contributed by atoms with Crippen LogP contribution in [-0.2, 0) is 0 Å². The van der Waals surface area contributed by atoms with E-state index in [-0.39, 0.29) is 0 Å². The summed E-state index contributed by atoms with van der Waals surface area (Å²) in [5.41, 5.74) is 7.67. The van der Waals surface area contributed by atoms with E-state index in [2.05, 4.69) is 27.3 Å². The predicted molar refractivity (Wildman–Crippen MR) is 85.1 cm³/mol. The lowest BCUT2D eigenvalue weighted by Gasteiger charge is -2.19. The van der Waals surface area contributed by atoms with Gasteiger partial charge in [-0.2, -0.15) is 0 Å². The summed E-state index contributed by atoms with van der Waals surface area (Å²) in [6, 6.07) is 6.62. The average Bonchev–Trinajstić information content (AvgIpc) is 2.60. The summed E-state index contributed by atoms with van der Waals surface area (Å²) in [6.07, 6.45) is 7.95. The number of hydrogen-bond acceptors (Lipinski definition) is 2. The minimum Gasteiger partial charge on any atom is -0.389 e. The molecule has 1 aliphatic rings. The molecule has 0 aliphatic heterocycles. The van der Waals surface area contributed by atoms with Crippen LogP contribution >= 0.6 is 28.1 Å². The lowest BCUT2D eigenvalue weighted by atomic mass is 10.1. The van der Waals surface area contributed by atoms with Gasteiger partial charge in [-0.05, 0) is 47.0 Å². The van der Waals surface area contributed by atoms with Crippen molar-refractivity contribution in [2.24, 2.45) is 5.73 Å². The Balaban J connectivity index is 2.06.